The number of hydrogen-bond donors (Lipinski definition) is 2. The Hall–Kier alpha value is -2.77. The second-order valence-electron chi connectivity index (χ2n) is 4.72. The lowest BCUT2D eigenvalue weighted by Crippen LogP contribution is -2.28. The number of nitrogens with one attached hydrogen (secondary N) is 1. The number of carboxylic acid groups (broad SMARTS) is 1. The Morgan fingerprint density at radius 3 is 2.73 bits per heavy atom. The number of aliphatic carboxylic acids is 1. The van der Waals surface area contributed by atoms with Crippen molar-refractivity contribution in [3.05, 3.63) is 41.7 Å². The standard InChI is InChI=1S/C14H17N5O3/c20-13(15-8-6-14(21)22)10-12-16-17-18-19(12)9-7-11-4-2-1-3-5-11/h1-5H,6-10H2,(H,15,20)(H,21,22). The van der Waals surface area contributed by atoms with Crippen LogP contribution < -0.4 is 5.32 Å². The fourth-order valence-corrected chi connectivity index (χ4v) is 1.92. The maximum absolute atomic E-state index is 11.7. The summed E-state index contributed by atoms with van der Waals surface area (Å²) in [4.78, 5) is 22.1. The molecule has 0 saturated heterocycles. The largest absolute Gasteiger partial charge is 0.481 e. The van der Waals surface area contributed by atoms with Gasteiger partial charge in [0.2, 0.25) is 5.91 Å². The lowest BCUT2D eigenvalue weighted by atomic mass is 10.1. The Morgan fingerprint density at radius 1 is 1.23 bits per heavy atom. The Labute approximate surface area is 127 Å². The number of carbonyl (C=O) groups is 2. The van der Waals surface area contributed by atoms with Gasteiger partial charge in [0, 0.05) is 13.1 Å². The summed E-state index contributed by atoms with van der Waals surface area (Å²) in [5.41, 5.74) is 1.16. The molecule has 1 aromatic heterocycles. The summed E-state index contributed by atoms with van der Waals surface area (Å²) in [5.74, 6) is -0.784. The predicted molar refractivity (Wildman–Crippen MR) is 76.9 cm³/mol. The average Bonchev–Trinajstić information content (AvgIpc) is 2.93. The number of amides is 1. The zero-order valence-electron chi connectivity index (χ0n) is 12.0. The van der Waals surface area contributed by atoms with Gasteiger partial charge in [0.05, 0.1) is 12.8 Å². The summed E-state index contributed by atoms with van der Waals surface area (Å²) < 4.78 is 1.59. The first-order valence-electron chi connectivity index (χ1n) is 6.92. The van der Waals surface area contributed by atoms with Gasteiger partial charge in [-0.25, -0.2) is 4.68 Å². The Kier molecular flexibility index (Phi) is 5.58. The molecule has 1 heterocycles. The van der Waals surface area contributed by atoms with E-state index in [9.17, 15) is 9.59 Å². The average molecular weight is 303 g/mol. The number of carbonyl (C=O) groups excluding carboxylic acids is 1. The van der Waals surface area contributed by atoms with Gasteiger partial charge in [-0.05, 0) is 22.4 Å². The van der Waals surface area contributed by atoms with E-state index in [-0.39, 0.29) is 25.3 Å². The van der Waals surface area contributed by atoms with Crippen molar-refractivity contribution in [1.29, 1.82) is 0 Å². The number of aromatic nitrogens is 4. The molecule has 22 heavy (non-hydrogen) atoms. The van der Waals surface area contributed by atoms with Gasteiger partial charge in [-0.3, -0.25) is 9.59 Å². The molecule has 0 aliphatic carbocycles. The molecular weight excluding hydrogens is 286 g/mol. The highest BCUT2D eigenvalue weighted by Gasteiger charge is 2.11. The maximum Gasteiger partial charge on any atom is 0.305 e. The van der Waals surface area contributed by atoms with Gasteiger partial charge in [-0.15, -0.1) is 5.10 Å². The van der Waals surface area contributed by atoms with E-state index >= 15 is 0 Å². The molecule has 2 aromatic rings. The molecule has 0 aliphatic heterocycles. The topological polar surface area (TPSA) is 110 Å². The van der Waals surface area contributed by atoms with Crippen LogP contribution in [0.3, 0.4) is 0 Å². The number of benzene rings is 1. The van der Waals surface area contributed by atoms with E-state index in [4.69, 9.17) is 5.11 Å². The van der Waals surface area contributed by atoms with Crippen molar-refractivity contribution >= 4 is 11.9 Å². The van der Waals surface area contributed by atoms with E-state index < -0.39 is 5.97 Å². The molecule has 1 aromatic carbocycles. The SMILES string of the molecule is O=C(O)CCNC(=O)Cc1nnnn1CCc1ccccc1. The first kappa shape index (κ1) is 15.6. The Bertz CT molecular complexity index is 626. The quantitative estimate of drug-likeness (QED) is 0.713. The highest BCUT2D eigenvalue weighted by molar-refractivity contribution is 5.78. The van der Waals surface area contributed by atoms with Crippen LogP contribution in [0, 0.1) is 0 Å². The lowest BCUT2D eigenvalue weighted by Gasteiger charge is -2.05. The number of hydrogen-bond acceptors (Lipinski definition) is 5. The van der Waals surface area contributed by atoms with Crippen LogP contribution in [0.2, 0.25) is 0 Å². The van der Waals surface area contributed by atoms with Crippen LogP contribution in [-0.2, 0) is 29.0 Å². The molecule has 8 heteroatoms. The zero-order chi connectivity index (χ0) is 15.8. The molecule has 0 atom stereocenters. The van der Waals surface area contributed by atoms with Crippen molar-refractivity contribution in [2.45, 2.75) is 25.8 Å². The minimum absolute atomic E-state index is 0.0292. The van der Waals surface area contributed by atoms with Crippen molar-refractivity contribution in [3.8, 4) is 0 Å². The van der Waals surface area contributed by atoms with Crippen LogP contribution in [0.5, 0.6) is 0 Å². The van der Waals surface area contributed by atoms with Crippen molar-refractivity contribution < 1.29 is 14.7 Å². The maximum atomic E-state index is 11.7. The molecule has 0 aliphatic rings. The zero-order valence-corrected chi connectivity index (χ0v) is 12.0. The van der Waals surface area contributed by atoms with Crippen molar-refractivity contribution in [2.75, 3.05) is 6.54 Å². The normalized spacial score (nSPS) is 10.4. The first-order valence-corrected chi connectivity index (χ1v) is 6.92. The smallest absolute Gasteiger partial charge is 0.305 e. The van der Waals surface area contributed by atoms with Gasteiger partial charge in [-0.2, -0.15) is 0 Å². The number of rotatable bonds is 8. The summed E-state index contributed by atoms with van der Waals surface area (Å²) in [6.07, 6.45) is 0.686. The monoisotopic (exact) mass is 303 g/mol. The van der Waals surface area contributed by atoms with E-state index in [2.05, 4.69) is 20.8 Å². The predicted octanol–water partition coefficient (Wildman–Crippen LogP) is 0.0492. The molecule has 1 amide bonds. The van der Waals surface area contributed by atoms with E-state index in [0.29, 0.717) is 12.4 Å². The molecule has 0 unspecified atom stereocenters. The van der Waals surface area contributed by atoms with E-state index in [1.807, 2.05) is 30.3 Å². The first-order chi connectivity index (χ1) is 10.6. The van der Waals surface area contributed by atoms with Gasteiger partial charge in [0.1, 0.15) is 0 Å². The fraction of sp³-hybridized carbons (Fsp3) is 0.357. The number of aryl methyl sites for hydroxylation is 2. The Morgan fingerprint density at radius 2 is 2.00 bits per heavy atom. The summed E-state index contributed by atoms with van der Waals surface area (Å²) in [5, 5.41) is 22.3. The van der Waals surface area contributed by atoms with Crippen LogP contribution >= 0.6 is 0 Å². The van der Waals surface area contributed by atoms with Crippen LogP contribution in [0.1, 0.15) is 17.8 Å². The minimum Gasteiger partial charge on any atom is -0.481 e. The third kappa shape index (κ3) is 4.97. The molecular formula is C14H17N5O3. The highest BCUT2D eigenvalue weighted by atomic mass is 16.4. The highest BCUT2D eigenvalue weighted by Crippen LogP contribution is 2.02. The molecule has 0 bridgehead atoms. The van der Waals surface area contributed by atoms with E-state index in [0.717, 1.165) is 12.0 Å². The second kappa shape index (κ2) is 7.87. The summed E-state index contributed by atoms with van der Waals surface area (Å²) >= 11 is 0. The summed E-state index contributed by atoms with van der Waals surface area (Å²) in [7, 11) is 0. The van der Waals surface area contributed by atoms with Gasteiger partial charge in [-0.1, -0.05) is 30.3 Å². The molecule has 0 radical (unpaired) electrons. The number of nitrogens with zero attached hydrogens (tertiary/aromatic N) is 4. The van der Waals surface area contributed by atoms with Gasteiger partial charge >= 0.3 is 5.97 Å². The van der Waals surface area contributed by atoms with Gasteiger partial charge in [0.25, 0.3) is 0 Å². The summed E-state index contributed by atoms with van der Waals surface area (Å²) in [6.45, 7) is 0.675. The number of tetrazole rings is 1. The molecule has 0 saturated carbocycles. The minimum atomic E-state index is -0.951. The van der Waals surface area contributed by atoms with Crippen molar-refractivity contribution in [2.24, 2.45) is 0 Å². The third-order valence-electron chi connectivity index (χ3n) is 3.04. The summed E-state index contributed by atoms with van der Waals surface area (Å²) in [6, 6.07) is 9.91. The molecule has 0 spiro atoms. The third-order valence-corrected chi connectivity index (χ3v) is 3.04. The molecule has 2 rings (SSSR count). The van der Waals surface area contributed by atoms with Gasteiger partial charge < -0.3 is 10.4 Å². The fourth-order valence-electron chi connectivity index (χ4n) is 1.92. The van der Waals surface area contributed by atoms with Crippen LogP contribution in [0.4, 0.5) is 0 Å². The molecule has 116 valence electrons. The molecule has 8 nitrogen and oxygen atoms in total. The number of carboxylic acids is 1. The molecule has 0 fully saturated rings. The van der Waals surface area contributed by atoms with Crippen LogP contribution in [0.25, 0.3) is 0 Å². The van der Waals surface area contributed by atoms with Crippen LogP contribution in [0.15, 0.2) is 30.3 Å². The van der Waals surface area contributed by atoms with E-state index in [1.54, 1.807) is 4.68 Å². The molecule has 2 N–H and O–H groups in total. The Balaban J connectivity index is 1.84. The van der Waals surface area contributed by atoms with Crippen LogP contribution in [-0.4, -0.2) is 43.7 Å². The second-order valence-corrected chi connectivity index (χ2v) is 4.72. The van der Waals surface area contributed by atoms with E-state index in [1.165, 1.54) is 0 Å². The van der Waals surface area contributed by atoms with Crippen molar-refractivity contribution in [3.63, 3.8) is 0 Å². The lowest BCUT2D eigenvalue weighted by molar-refractivity contribution is -0.136. The van der Waals surface area contributed by atoms with Gasteiger partial charge in [0.15, 0.2) is 5.82 Å². The van der Waals surface area contributed by atoms with Crippen molar-refractivity contribution in [1.82, 2.24) is 25.5 Å².